The van der Waals surface area contributed by atoms with E-state index in [1.54, 1.807) is 12.1 Å². The van der Waals surface area contributed by atoms with Gasteiger partial charge in [0.1, 0.15) is 0 Å². The van der Waals surface area contributed by atoms with Gasteiger partial charge in [-0.2, -0.15) is 8.42 Å². The maximum absolute atomic E-state index is 10.5. The molecular weight excluding hydrogens is 288 g/mol. The maximum atomic E-state index is 10.5. The normalized spacial score (nSPS) is 10.7. The van der Waals surface area contributed by atoms with Crippen LogP contribution in [0.1, 0.15) is 31.2 Å². The van der Waals surface area contributed by atoms with Gasteiger partial charge in [-0.3, -0.25) is 4.55 Å². The van der Waals surface area contributed by atoms with E-state index in [1.165, 1.54) is 12.1 Å². The number of alkyl halides is 1. The molecule has 0 bridgehead atoms. The summed E-state index contributed by atoms with van der Waals surface area (Å²) in [6.45, 7) is 2.16. The van der Waals surface area contributed by atoms with Crippen molar-refractivity contribution in [1.82, 2.24) is 0 Å². The lowest BCUT2D eigenvalue weighted by Crippen LogP contribution is -1.96. The van der Waals surface area contributed by atoms with E-state index in [0.29, 0.717) is 6.61 Å². The highest BCUT2D eigenvalue weighted by Gasteiger charge is 2.06. The molecule has 0 unspecified atom stereocenters. The van der Waals surface area contributed by atoms with Crippen molar-refractivity contribution in [3.8, 4) is 0 Å². The van der Waals surface area contributed by atoms with E-state index in [4.69, 9.17) is 21.3 Å². The molecule has 0 aliphatic heterocycles. The largest absolute Gasteiger partial charge is 0.396 e. The van der Waals surface area contributed by atoms with Gasteiger partial charge >= 0.3 is 0 Å². The van der Waals surface area contributed by atoms with Crippen molar-refractivity contribution in [2.75, 3.05) is 12.5 Å². The van der Waals surface area contributed by atoms with Crippen molar-refractivity contribution >= 4 is 21.7 Å². The van der Waals surface area contributed by atoms with Crippen molar-refractivity contribution in [3.05, 3.63) is 29.8 Å². The Morgan fingerprint density at radius 2 is 1.58 bits per heavy atom. The second kappa shape index (κ2) is 10.2. The molecule has 0 aromatic heterocycles. The summed E-state index contributed by atoms with van der Waals surface area (Å²) in [4.78, 5) is -0.0666. The Labute approximate surface area is 120 Å². The average Bonchev–Trinajstić information content (AvgIpc) is 2.35. The molecule has 0 aliphatic carbocycles. The minimum atomic E-state index is -4.02. The van der Waals surface area contributed by atoms with E-state index in [1.807, 2.05) is 6.92 Å². The van der Waals surface area contributed by atoms with Crippen LogP contribution in [0.3, 0.4) is 0 Å². The predicted molar refractivity (Wildman–Crippen MR) is 77.3 cm³/mol. The van der Waals surface area contributed by atoms with Gasteiger partial charge in [0.05, 0.1) is 4.90 Å². The van der Waals surface area contributed by atoms with E-state index in [-0.39, 0.29) is 4.90 Å². The molecule has 6 heteroatoms. The SMILES string of the molecule is Cc1ccc(S(=O)(=O)O)cc1.OCCCCCCCl. The molecule has 0 atom stereocenters. The van der Waals surface area contributed by atoms with Crippen molar-refractivity contribution < 1.29 is 18.1 Å². The number of benzene rings is 1. The Hall–Kier alpha value is -0.620. The van der Waals surface area contributed by atoms with Crippen LogP contribution in [0.2, 0.25) is 0 Å². The summed E-state index contributed by atoms with van der Waals surface area (Å²) in [5.74, 6) is 0.755. The fourth-order valence-electron chi connectivity index (χ4n) is 1.27. The highest BCUT2D eigenvalue weighted by Crippen LogP contribution is 2.08. The summed E-state index contributed by atoms with van der Waals surface area (Å²) in [6, 6.07) is 5.99. The predicted octanol–water partition coefficient (Wildman–Crippen LogP) is 3.02. The molecule has 19 heavy (non-hydrogen) atoms. The van der Waals surface area contributed by atoms with Crippen molar-refractivity contribution in [1.29, 1.82) is 0 Å². The molecule has 0 saturated carbocycles. The molecule has 2 N–H and O–H groups in total. The number of unbranched alkanes of at least 4 members (excludes halogenated alkanes) is 3. The maximum Gasteiger partial charge on any atom is 0.294 e. The fraction of sp³-hybridized carbons (Fsp3) is 0.538. The van der Waals surface area contributed by atoms with E-state index >= 15 is 0 Å². The fourth-order valence-corrected chi connectivity index (χ4v) is 1.94. The lowest BCUT2D eigenvalue weighted by atomic mass is 10.2. The van der Waals surface area contributed by atoms with E-state index < -0.39 is 10.1 Å². The number of aliphatic hydroxyl groups excluding tert-OH is 1. The summed E-state index contributed by atoms with van der Waals surface area (Å²) in [7, 11) is -4.02. The zero-order valence-corrected chi connectivity index (χ0v) is 12.6. The topological polar surface area (TPSA) is 74.6 Å². The van der Waals surface area contributed by atoms with Crippen LogP contribution >= 0.6 is 11.6 Å². The summed E-state index contributed by atoms with van der Waals surface area (Å²) in [5.41, 5.74) is 0.956. The molecule has 0 spiro atoms. The van der Waals surface area contributed by atoms with Gasteiger partial charge in [0, 0.05) is 12.5 Å². The molecule has 1 rings (SSSR count). The molecule has 0 aliphatic rings. The molecule has 0 amide bonds. The summed E-state index contributed by atoms with van der Waals surface area (Å²) < 4.78 is 29.6. The standard InChI is InChI=1S/C7H8O3S.C6H13ClO/c1-6-2-4-7(5-3-6)11(8,9)10;7-5-3-1-2-4-6-8/h2-5H,1H3,(H,8,9,10);8H,1-6H2. The molecule has 1 aromatic carbocycles. The van der Waals surface area contributed by atoms with E-state index in [2.05, 4.69) is 0 Å². The van der Waals surface area contributed by atoms with Gasteiger partial charge in [-0.25, -0.2) is 0 Å². The monoisotopic (exact) mass is 308 g/mol. The average molecular weight is 309 g/mol. The number of rotatable bonds is 6. The van der Waals surface area contributed by atoms with Gasteiger partial charge in [-0.05, 0) is 31.9 Å². The minimum Gasteiger partial charge on any atom is -0.396 e. The van der Waals surface area contributed by atoms with Crippen LogP contribution in [0.4, 0.5) is 0 Å². The first kappa shape index (κ1) is 18.4. The smallest absolute Gasteiger partial charge is 0.294 e. The molecule has 0 saturated heterocycles. The van der Waals surface area contributed by atoms with Crippen LogP contribution in [-0.4, -0.2) is 30.6 Å². The zero-order chi connectivity index (χ0) is 14.7. The van der Waals surface area contributed by atoms with Crippen LogP contribution < -0.4 is 0 Å². The summed E-state index contributed by atoms with van der Waals surface area (Å²) >= 11 is 5.42. The first-order chi connectivity index (χ1) is 8.91. The Balaban J connectivity index is 0.000000362. The summed E-state index contributed by atoms with van der Waals surface area (Å²) in [6.07, 6.45) is 4.28. The third-order valence-corrected chi connectivity index (χ3v) is 3.50. The molecule has 0 fully saturated rings. The highest BCUT2D eigenvalue weighted by atomic mass is 35.5. The number of hydrogen-bond donors (Lipinski definition) is 2. The quantitative estimate of drug-likeness (QED) is 0.481. The molecule has 110 valence electrons. The number of hydrogen-bond acceptors (Lipinski definition) is 3. The van der Waals surface area contributed by atoms with Gasteiger partial charge in [0.15, 0.2) is 0 Å². The Kier molecular flexibility index (Phi) is 9.87. The van der Waals surface area contributed by atoms with Gasteiger partial charge < -0.3 is 5.11 Å². The van der Waals surface area contributed by atoms with E-state index in [0.717, 1.165) is 37.1 Å². The third-order valence-electron chi connectivity index (χ3n) is 2.36. The van der Waals surface area contributed by atoms with E-state index in [9.17, 15) is 8.42 Å². The first-order valence-electron chi connectivity index (χ1n) is 6.12. The van der Waals surface area contributed by atoms with Crippen molar-refractivity contribution in [2.45, 2.75) is 37.5 Å². The molecule has 0 radical (unpaired) electrons. The Bertz CT molecular complexity index is 422. The number of aliphatic hydroxyl groups is 1. The molecular formula is C13H21ClO4S. The van der Waals surface area contributed by atoms with Crippen LogP contribution in [0, 0.1) is 6.92 Å². The molecule has 1 aromatic rings. The van der Waals surface area contributed by atoms with Gasteiger partial charge in [0.2, 0.25) is 0 Å². The highest BCUT2D eigenvalue weighted by molar-refractivity contribution is 7.85. The number of aryl methyl sites for hydroxylation is 1. The van der Waals surface area contributed by atoms with Gasteiger partial charge in [-0.15, -0.1) is 11.6 Å². The number of halogens is 1. The second-order valence-corrected chi connectivity index (χ2v) is 5.91. The van der Waals surface area contributed by atoms with Crippen molar-refractivity contribution in [3.63, 3.8) is 0 Å². The third kappa shape index (κ3) is 9.90. The van der Waals surface area contributed by atoms with Crippen LogP contribution in [0.5, 0.6) is 0 Å². The molecule has 0 heterocycles. The van der Waals surface area contributed by atoms with Crippen LogP contribution in [0.15, 0.2) is 29.2 Å². The minimum absolute atomic E-state index is 0.0666. The lowest BCUT2D eigenvalue weighted by molar-refractivity contribution is 0.283. The molecule has 4 nitrogen and oxygen atoms in total. The van der Waals surface area contributed by atoms with Crippen LogP contribution in [0.25, 0.3) is 0 Å². The lowest BCUT2D eigenvalue weighted by Gasteiger charge is -1.95. The van der Waals surface area contributed by atoms with Crippen LogP contribution in [-0.2, 0) is 10.1 Å². The Morgan fingerprint density at radius 3 is 2.00 bits per heavy atom. The summed E-state index contributed by atoms with van der Waals surface area (Å²) in [5, 5.41) is 8.33. The first-order valence-corrected chi connectivity index (χ1v) is 8.10. The van der Waals surface area contributed by atoms with Gasteiger partial charge in [-0.1, -0.05) is 30.5 Å². The van der Waals surface area contributed by atoms with Crippen molar-refractivity contribution in [2.24, 2.45) is 0 Å². The second-order valence-electron chi connectivity index (χ2n) is 4.11. The Morgan fingerprint density at radius 1 is 1.05 bits per heavy atom. The van der Waals surface area contributed by atoms with Gasteiger partial charge in [0.25, 0.3) is 10.1 Å². The zero-order valence-electron chi connectivity index (χ0n) is 11.0.